The van der Waals surface area contributed by atoms with Crippen LogP contribution in [0.4, 0.5) is 13.2 Å². The quantitative estimate of drug-likeness (QED) is 0.432. The standard InChI is InChI=1S/C15H35N2.C2HF3O2/c1-4-5-6-7-8-9-10-11-14-17(2,3)15-12-13-16;3-2(4,5)1(6)7/h4-16H2,1-3H3;(H,6,7)/q+1;/p-1. The fourth-order valence-electron chi connectivity index (χ4n) is 2.30. The van der Waals surface area contributed by atoms with E-state index in [1.54, 1.807) is 0 Å². The maximum Gasteiger partial charge on any atom is 0.430 e. The van der Waals surface area contributed by atoms with Crippen LogP contribution in [-0.4, -0.2) is 50.4 Å². The number of rotatable bonds is 12. The van der Waals surface area contributed by atoms with Crippen molar-refractivity contribution in [3.05, 3.63) is 0 Å². The minimum Gasteiger partial charge on any atom is -0.542 e. The second-order valence-corrected chi connectivity index (χ2v) is 6.79. The van der Waals surface area contributed by atoms with Gasteiger partial charge in [0, 0.05) is 6.42 Å². The van der Waals surface area contributed by atoms with Crippen LogP contribution in [0.5, 0.6) is 0 Å². The van der Waals surface area contributed by atoms with Crippen molar-refractivity contribution in [2.24, 2.45) is 5.73 Å². The number of hydrogen-bond donors (Lipinski definition) is 1. The number of hydrogen-bond acceptors (Lipinski definition) is 3. The lowest BCUT2D eigenvalue weighted by Gasteiger charge is -2.29. The Morgan fingerprint density at radius 2 is 1.29 bits per heavy atom. The van der Waals surface area contributed by atoms with E-state index in [0.29, 0.717) is 0 Å². The SMILES string of the molecule is CCCCCCCCCC[N+](C)(C)CCCN.O=C([O-])C(F)(F)F. The number of alkyl halides is 3. The first-order valence-electron chi connectivity index (χ1n) is 8.87. The molecule has 0 unspecified atom stereocenters. The van der Waals surface area contributed by atoms with Crippen molar-refractivity contribution in [3.8, 4) is 0 Å². The summed E-state index contributed by atoms with van der Waals surface area (Å²) in [5.74, 6) is -3.01. The summed E-state index contributed by atoms with van der Waals surface area (Å²) in [7, 11) is 4.66. The molecule has 0 radical (unpaired) electrons. The average molecular weight is 356 g/mol. The van der Waals surface area contributed by atoms with E-state index in [-0.39, 0.29) is 0 Å². The largest absolute Gasteiger partial charge is 0.542 e. The summed E-state index contributed by atoms with van der Waals surface area (Å²) in [6.45, 7) is 5.66. The van der Waals surface area contributed by atoms with E-state index in [2.05, 4.69) is 21.0 Å². The Morgan fingerprint density at radius 1 is 0.917 bits per heavy atom. The van der Waals surface area contributed by atoms with Gasteiger partial charge in [-0.3, -0.25) is 0 Å². The van der Waals surface area contributed by atoms with E-state index in [1.165, 1.54) is 64.5 Å². The molecule has 0 aliphatic carbocycles. The molecule has 0 aromatic carbocycles. The molecule has 0 saturated heterocycles. The highest BCUT2D eigenvalue weighted by Crippen LogP contribution is 2.11. The minimum absolute atomic E-state index is 0.832. The molecule has 2 N–H and O–H groups in total. The smallest absolute Gasteiger partial charge is 0.430 e. The highest BCUT2D eigenvalue weighted by molar-refractivity contribution is 5.70. The third-order valence-corrected chi connectivity index (χ3v) is 3.82. The number of aliphatic carboxylic acids is 1. The highest BCUT2D eigenvalue weighted by Gasteiger charge is 2.28. The van der Waals surface area contributed by atoms with E-state index in [1.807, 2.05) is 0 Å². The van der Waals surface area contributed by atoms with E-state index < -0.39 is 12.1 Å². The van der Waals surface area contributed by atoms with Crippen molar-refractivity contribution in [2.75, 3.05) is 33.7 Å². The zero-order valence-corrected chi connectivity index (χ0v) is 15.5. The van der Waals surface area contributed by atoms with Crippen LogP contribution in [0, 0.1) is 0 Å². The first-order valence-corrected chi connectivity index (χ1v) is 8.87. The minimum atomic E-state index is -5.19. The van der Waals surface area contributed by atoms with Crippen LogP contribution in [0.15, 0.2) is 0 Å². The Bertz CT molecular complexity index is 309. The van der Waals surface area contributed by atoms with Gasteiger partial charge >= 0.3 is 6.18 Å². The first kappa shape index (κ1) is 25.4. The molecule has 0 heterocycles. The van der Waals surface area contributed by atoms with Crippen LogP contribution in [-0.2, 0) is 4.79 Å². The molecule has 0 saturated carbocycles. The number of quaternary nitrogens is 1. The summed E-state index contributed by atoms with van der Waals surface area (Å²) >= 11 is 0. The number of carboxylic acid groups (broad SMARTS) is 1. The second kappa shape index (κ2) is 14.5. The Balaban J connectivity index is 0. The number of nitrogens with zero attached hydrogens (tertiary/aromatic N) is 1. The zero-order valence-electron chi connectivity index (χ0n) is 15.5. The molecule has 0 aliphatic heterocycles. The molecule has 4 nitrogen and oxygen atoms in total. The van der Waals surface area contributed by atoms with Crippen molar-refractivity contribution in [1.29, 1.82) is 0 Å². The summed E-state index contributed by atoms with van der Waals surface area (Å²) in [6, 6.07) is 0. The lowest BCUT2D eigenvalue weighted by Crippen LogP contribution is -2.41. The Kier molecular flexibility index (Phi) is 15.4. The monoisotopic (exact) mass is 356 g/mol. The van der Waals surface area contributed by atoms with Gasteiger partial charge in [0.05, 0.1) is 27.2 Å². The number of halogens is 3. The molecule has 0 fully saturated rings. The summed E-state index contributed by atoms with van der Waals surface area (Å²) < 4.78 is 32.7. The van der Waals surface area contributed by atoms with Gasteiger partial charge in [0.2, 0.25) is 0 Å². The van der Waals surface area contributed by atoms with Gasteiger partial charge < -0.3 is 20.1 Å². The fraction of sp³-hybridized carbons (Fsp3) is 0.941. The molecule has 0 spiro atoms. The molecule has 0 aromatic heterocycles. The highest BCUT2D eigenvalue weighted by atomic mass is 19.4. The van der Waals surface area contributed by atoms with Gasteiger partial charge in [-0.15, -0.1) is 0 Å². The summed E-state index contributed by atoms with van der Waals surface area (Å²) in [4.78, 5) is 8.78. The van der Waals surface area contributed by atoms with Crippen molar-refractivity contribution >= 4 is 5.97 Å². The number of carbonyl (C=O) groups is 1. The van der Waals surface area contributed by atoms with Gasteiger partial charge in [0.1, 0.15) is 5.97 Å². The normalized spacial score (nSPS) is 11.8. The maximum atomic E-state index is 10.5. The number of carboxylic acids is 1. The Hall–Kier alpha value is -0.820. The molecule has 0 amide bonds. The van der Waals surface area contributed by atoms with Crippen LogP contribution >= 0.6 is 0 Å². The third-order valence-electron chi connectivity index (χ3n) is 3.82. The molecule has 146 valence electrons. The number of unbranched alkanes of at least 4 members (excludes halogenated alkanes) is 7. The topological polar surface area (TPSA) is 66.2 Å². The zero-order chi connectivity index (χ0) is 19.1. The molecule has 0 aliphatic rings. The number of nitrogens with two attached hydrogens (primary N) is 1. The average Bonchev–Trinajstić information content (AvgIpc) is 2.47. The molecule has 24 heavy (non-hydrogen) atoms. The molecule has 0 bridgehead atoms. The van der Waals surface area contributed by atoms with Gasteiger partial charge in [-0.2, -0.15) is 13.2 Å². The van der Waals surface area contributed by atoms with Crippen LogP contribution in [0.3, 0.4) is 0 Å². The first-order chi connectivity index (χ1) is 11.1. The summed E-state index contributed by atoms with van der Waals surface area (Å²) in [5.41, 5.74) is 5.56. The summed E-state index contributed by atoms with van der Waals surface area (Å²) in [5, 5.41) is 8.78. The van der Waals surface area contributed by atoms with Crippen LogP contribution < -0.4 is 10.8 Å². The van der Waals surface area contributed by atoms with E-state index in [4.69, 9.17) is 15.6 Å². The van der Waals surface area contributed by atoms with Crippen LogP contribution in [0.2, 0.25) is 0 Å². The van der Waals surface area contributed by atoms with Gasteiger partial charge in [-0.25, -0.2) is 0 Å². The molecular weight excluding hydrogens is 321 g/mol. The molecular formula is C17H35F3N2O2. The molecule has 0 atom stereocenters. The van der Waals surface area contributed by atoms with Gasteiger partial charge in [-0.05, 0) is 19.4 Å². The van der Waals surface area contributed by atoms with E-state index >= 15 is 0 Å². The van der Waals surface area contributed by atoms with E-state index in [9.17, 15) is 13.2 Å². The van der Waals surface area contributed by atoms with E-state index in [0.717, 1.165) is 17.4 Å². The predicted octanol–water partition coefficient (Wildman–Crippen LogP) is 2.85. The maximum absolute atomic E-state index is 10.5. The van der Waals surface area contributed by atoms with Gasteiger partial charge in [-0.1, -0.05) is 45.4 Å². The second-order valence-electron chi connectivity index (χ2n) is 6.79. The Morgan fingerprint density at radius 3 is 1.67 bits per heavy atom. The lowest BCUT2D eigenvalue weighted by atomic mass is 10.1. The summed E-state index contributed by atoms with van der Waals surface area (Å²) in [6.07, 6.45) is 7.28. The van der Waals surface area contributed by atoms with Crippen LogP contribution in [0.1, 0.15) is 64.7 Å². The molecule has 7 heteroatoms. The lowest BCUT2D eigenvalue weighted by molar-refractivity contribution is -0.890. The van der Waals surface area contributed by atoms with Crippen LogP contribution in [0.25, 0.3) is 0 Å². The molecule has 0 rings (SSSR count). The van der Waals surface area contributed by atoms with Gasteiger partial charge in [0.25, 0.3) is 0 Å². The molecule has 0 aromatic rings. The number of carbonyl (C=O) groups excluding carboxylic acids is 1. The Labute approximate surface area is 144 Å². The van der Waals surface area contributed by atoms with Gasteiger partial charge in [0.15, 0.2) is 0 Å². The fourth-order valence-corrected chi connectivity index (χ4v) is 2.30. The predicted molar refractivity (Wildman–Crippen MR) is 89.2 cm³/mol. The van der Waals surface area contributed by atoms with Crippen molar-refractivity contribution in [2.45, 2.75) is 70.9 Å². The van der Waals surface area contributed by atoms with Crippen molar-refractivity contribution in [3.63, 3.8) is 0 Å². The van der Waals surface area contributed by atoms with Crippen molar-refractivity contribution in [1.82, 2.24) is 0 Å². The van der Waals surface area contributed by atoms with Crippen molar-refractivity contribution < 1.29 is 27.6 Å². The third kappa shape index (κ3) is 19.2.